The molecule has 350 valence electrons. The summed E-state index contributed by atoms with van der Waals surface area (Å²) in [5.41, 5.74) is 18.6. The van der Waals surface area contributed by atoms with Crippen LogP contribution in [0, 0.1) is 13.8 Å². The zero-order valence-corrected chi connectivity index (χ0v) is 40.6. The van der Waals surface area contributed by atoms with E-state index in [4.69, 9.17) is 28.9 Å². The number of nitrogens with one attached hydrogen (secondary N) is 2. The van der Waals surface area contributed by atoms with E-state index in [0.717, 1.165) is 145 Å². The number of methoxy groups -OCH3 is 4. The molecule has 0 aliphatic carbocycles. The van der Waals surface area contributed by atoms with Crippen molar-refractivity contribution in [3.05, 3.63) is 179 Å². The summed E-state index contributed by atoms with van der Waals surface area (Å²) in [6.45, 7) is 4.22. The standard InChI is InChI=1S/C62H48N6O4/c1-35-7-11-37(12-8-35)59-47-23-27-51(63-47)61(67-55-31-39(69-3)15-19-43(55)44-20-16-40(70-4)32-56(44)67)53-29-25-49(65-53)60(38-13-9-36(2)10-14-38)50-26-30-54(66-50)62(52-28-24-48(59)64-52)68-57-33-41(71-5)17-21-45(57)46-22-18-42(72-6)34-58(46)68/h7-34,63,66H,1-6H3. The monoisotopic (exact) mass is 940 g/mol. The molecule has 7 heterocycles. The second-order valence-corrected chi connectivity index (χ2v) is 18.4. The molecule has 13 rings (SSSR count). The Labute approximate surface area is 414 Å². The minimum Gasteiger partial charge on any atom is -0.497 e. The summed E-state index contributed by atoms with van der Waals surface area (Å²) >= 11 is 0. The highest BCUT2D eigenvalue weighted by Crippen LogP contribution is 2.43. The lowest BCUT2D eigenvalue weighted by Crippen LogP contribution is -1.99. The average molecular weight is 941 g/mol. The summed E-state index contributed by atoms with van der Waals surface area (Å²) in [5, 5.41) is 4.30. The van der Waals surface area contributed by atoms with Gasteiger partial charge in [0.05, 0.1) is 95.7 Å². The number of benzene rings is 6. The van der Waals surface area contributed by atoms with Gasteiger partial charge in [0, 0.05) is 68.0 Å². The van der Waals surface area contributed by atoms with Gasteiger partial charge in [0.15, 0.2) is 0 Å². The Morgan fingerprint density at radius 3 is 0.972 bits per heavy atom. The van der Waals surface area contributed by atoms with Crippen molar-refractivity contribution in [2.45, 2.75) is 13.8 Å². The van der Waals surface area contributed by atoms with Crippen LogP contribution < -0.4 is 18.9 Å². The molecule has 0 radical (unpaired) electrons. The lowest BCUT2D eigenvalue weighted by atomic mass is 10.0. The molecule has 10 heteroatoms. The van der Waals surface area contributed by atoms with Crippen LogP contribution >= 0.6 is 0 Å². The normalized spacial score (nSPS) is 12.2. The van der Waals surface area contributed by atoms with Crippen molar-refractivity contribution in [2.75, 3.05) is 28.4 Å². The molecule has 0 fully saturated rings. The fraction of sp³-hybridized carbons (Fsp3) is 0.0968. The molecule has 0 unspecified atom stereocenters. The van der Waals surface area contributed by atoms with Gasteiger partial charge in [-0.1, -0.05) is 59.7 Å². The zero-order valence-electron chi connectivity index (χ0n) is 40.6. The number of aromatic amines is 2. The van der Waals surface area contributed by atoms with Crippen LogP contribution in [0.2, 0.25) is 0 Å². The van der Waals surface area contributed by atoms with Crippen molar-refractivity contribution < 1.29 is 18.9 Å². The second kappa shape index (κ2) is 16.7. The van der Waals surface area contributed by atoms with Crippen molar-refractivity contribution in [1.82, 2.24) is 29.1 Å². The molecular weight excluding hydrogens is 893 g/mol. The summed E-state index contributed by atoms with van der Waals surface area (Å²) in [7, 11) is 6.82. The zero-order chi connectivity index (χ0) is 48.8. The lowest BCUT2D eigenvalue weighted by molar-refractivity contribution is 0.415. The predicted octanol–water partition coefficient (Wildman–Crippen LogP) is 14.8. The number of ether oxygens (including phenoxy) is 4. The van der Waals surface area contributed by atoms with Crippen LogP contribution in [0.1, 0.15) is 33.9 Å². The van der Waals surface area contributed by atoms with E-state index in [2.05, 4.69) is 179 Å². The van der Waals surface area contributed by atoms with E-state index in [1.165, 1.54) is 11.1 Å². The SMILES string of the molecule is COc1ccc2c3ccc(OC)cc3n(-c3c4nc(c(-c5ccc(C)cc5)c5ccc([nH]5)c(-n5c6cc(OC)ccc6c6ccc(OC)cc65)c5nc(c(-c6ccc(C)cc6)c6ccc3[nH]6)C=C5)C=C4)c2c1. The number of hydrogen-bond acceptors (Lipinski definition) is 6. The van der Waals surface area contributed by atoms with Crippen molar-refractivity contribution in [2.24, 2.45) is 0 Å². The van der Waals surface area contributed by atoms with E-state index in [1.54, 1.807) is 28.4 Å². The molecule has 0 saturated heterocycles. The Morgan fingerprint density at radius 2 is 0.653 bits per heavy atom. The third-order valence-electron chi connectivity index (χ3n) is 14.2. The van der Waals surface area contributed by atoms with Crippen LogP contribution in [0.4, 0.5) is 0 Å². The maximum atomic E-state index is 5.88. The summed E-state index contributed by atoms with van der Waals surface area (Å²) in [6.07, 6.45) is 8.52. The van der Waals surface area contributed by atoms with Gasteiger partial charge in [0.2, 0.25) is 0 Å². The van der Waals surface area contributed by atoms with E-state index in [0.29, 0.717) is 0 Å². The van der Waals surface area contributed by atoms with Gasteiger partial charge in [0.25, 0.3) is 0 Å². The summed E-state index contributed by atoms with van der Waals surface area (Å²) < 4.78 is 28.1. The first kappa shape index (κ1) is 42.8. The lowest BCUT2D eigenvalue weighted by Gasteiger charge is -2.12. The van der Waals surface area contributed by atoms with Gasteiger partial charge < -0.3 is 38.0 Å². The molecule has 0 spiro atoms. The number of rotatable bonds is 8. The van der Waals surface area contributed by atoms with E-state index < -0.39 is 0 Å². The molecule has 0 saturated carbocycles. The number of fused-ring (bicyclic) bond motifs is 14. The van der Waals surface area contributed by atoms with Crippen molar-refractivity contribution in [3.8, 4) is 56.6 Å². The molecule has 5 aromatic heterocycles. The molecule has 8 bridgehead atoms. The Balaban J connectivity index is 1.24. The van der Waals surface area contributed by atoms with Crippen LogP contribution in [0.3, 0.4) is 0 Å². The van der Waals surface area contributed by atoms with Crippen LogP contribution in [-0.2, 0) is 0 Å². The number of aryl methyl sites for hydroxylation is 2. The Kier molecular flexibility index (Phi) is 9.93. The number of hydrogen-bond donors (Lipinski definition) is 2. The third-order valence-corrected chi connectivity index (χ3v) is 14.2. The van der Waals surface area contributed by atoms with Gasteiger partial charge in [-0.25, -0.2) is 9.97 Å². The molecule has 2 aliphatic rings. The minimum absolute atomic E-state index is 0.747. The molecule has 11 aromatic rings. The van der Waals surface area contributed by atoms with Crippen molar-refractivity contribution in [1.29, 1.82) is 0 Å². The molecule has 72 heavy (non-hydrogen) atoms. The number of aromatic nitrogens is 6. The summed E-state index contributed by atoms with van der Waals surface area (Å²) in [6, 6.07) is 50.9. The first-order valence-electron chi connectivity index (χ1n) is 23.9. The van der Waals surface area contributed by atoms with E-state index in [1.807, 2.05) is 24.3 Å². The van der Waals surface area contributed by atoms with E-state index in [9.17, 15) is 0 Å². The quantitative estimate of drug-likeness (QED) is 0.157. The molecule has 2 aliphatic heterocycles. The van der Waals surface area contributed by atoms with Gasteiger partial charge >= 0.3 is 0 Å². The number of H-pyrrole nitrogens is 2. The van der Waals surface area contributed by atoms with E-state index in [-0.39, 0.29) is 0 Å². The molecule has 0 atom stereocenters. The van der Waals surface area contributed by atoms with Crippen molar-refractivity contribution >= 4 is 90.0 Å². The fourth-order valence-corrected chi connectivity index (χ4v) is 10.6. The predicted molar refractivity (Wildman–Crippen MR) is 294 cm³/mol. The second-order valence-electron chi connectivity index (χ2n) is 18.4. The maximum absolute atomic E-state index is 5.88. The van der Waals surface area contributed by atoms with Crippen LogP contribution in [0.5, 0.6) is 23.0 Å². The Bertz CT molecular complexity index is 3880. The highest BCUT2D eigenvalue weighted by molar-refractivity contribution is 6.13. The smallest absolute Gasteiger partial charge is 0.120 e. The first-order chi connectivity index (χ1) is 35.3. The van der Waals surface area contributed by atoms with Crippen LogP contribution in [0.25, 0.3) is 124 Å². The Morgan fingerprint density at radius 1 is 0.347 bits per heavy atom. The van der Waals surface area contributed by atoms with Gasteiger partial charge in [-0.2, -0.15) is 0 Å². The average Bonchev–Trinajstić information content (AvgIpc) is 4.30. The maximum Gasteiger partial charge on any atom is 0.120 e. The highest BCUT2D eigenvalue weighted by Gasteiger charge is 2.24. The van der Waals surface area contributed by atoms with Crippen LogP contribution in [0.15, 0.2) is 146 Å². The van der Waals surface area contributed by atoms with Crippen LogP contribution in [-0.4, -0.2) is 57.5 Å². The summed E-state index contributed by atoms with van der Waals surface area (Å²) in [4.78, 5) is 19.2. The fourth-order valence-electron chi connectivity index (χ4n) is 10.6. The topological polar surface area (TPSA) is 104 Å². The highest BCUT2D eigenvalue weighted by atomic mass is 16.5. The van der Waals surface area contributed by atoms with Gasteiger partial charge in [-0.3, -0.25) is 0 Å². The molecule has 0 amide bonds. The first-order valence-corrected chi connectivity index (χ1v) is 23.9. The van der Waals surface area contributed by atoms with E-state index >= 15 is 0 Å². The van der Waals surface area contributed by atoms with Crippen molar-refractivity contribution in [3.63, 3.8) is 0 Å². The molecule has 2 N–H and O–H groups in total. The molecule has 6 aromatic carbocycles. The Hall–Kier alpha value is -9.28. The van der Waals surface area contributed by atoms with Gasteiger partial charge in [0.1, 0.15) is 23.0 Å². The van der Waals surface area contributed by atoms with Gasteiger partial charge in [-0.15, -0.1) is 0 Å². The largest absolute Gasteiger partial charge is 0.497 e. The molecule has 10 nitrogen and oxygen atoms in total. The minimum atomic E-state index is 0.747. The summed E-state index contributed by atoms with van der Waals surface area (Å²) in [5.74, 6) is 2.99. The third kappa shape index (κ3) is 6.78. The van der Waals surface area contributed by atoms with Gasteiger partial charge in [-0.05, 0) is 122 Å². The number of nitrogens with zero attached hydrogens (tertiary/aromatic N) is 4. The molecular formula is C62H48N6O4.